The maximum Gasteiger partial charge on any atom is 0.310 e. The first-order chi connectivity index (χ1) is 7.77. The van der Waals surface area contributed by atoms with E-state index in [2.05, 4.69) is 19.1 Å². The molecule has 1 fully saturated rings. The summed E-state index contributed by atoms with van der Waals surface area (Å²) in [5.41, 5.74) is 0. The van der Waals surface area contributed by atoms with Gasteiger partial charge in [0.25, 0.3) is 0 Å². The maximum absolute atomic E-state index is 11.6. The van der Waals surface area contributed by atoms with Crippen LogP contribution in [0, 0.1) is 5.92 Å². The van der Waals surface area contributed by atoms with Crippen LogP contribution >= 0.6 is 11.8 Å². The van der Waals surface area contributed by atoms with Crippen molar-refractivity contribution in [3.8, 4) is 0 Å². The second-order valence-electron chi connectivity index (χ2n) is 4.05. The highest BCUT2D eigenvalue weighted by Crippen LogP contribution is 2.32. The van der Waals surface area contributed by atoms with Crippen molar-refractivity contribution in [3.05, 3.63) is 30.3 Å². The van der Waals surface area contributed by atoms with Gasteiger partial charge in [-0.2, -0.15) is 0 Å². The Bertz CT molecular complexity index is 350. The molecule has 2 nitrogen and oxygen atoms in total. The Morgan fingerprint density at radius 1 is 1.38 bits per heavy atom. The number of carbonyl (C=O) groups is 1. The first kappa shape index (κ1) is 11.5. The molecule has 86 valence electrons. The van der Waals surface area contributed by atoms with Crippen molar-refractivity contribution in [3.63, 3.8) is 0 Å². The molecular weight excluding hydrogens is 220 g/mol. The molecule has 0 amide bonds. The van der Waals surface area contributed by atoms with Crippen LogP contribution < -0.4 is 0 Å². The second-order valence-corrected chi connectivity index (χ2v) is 5.50. The summed E-state index contributed by atoms with van der Waals surface area (Å²) in [5, 5.41) is 0.287. The fourth-order valence-corrected chi connectivity index (χ4v) is 3.08. The third-order valence-electron chi connectivity index (χ3n) is 2.84. The number of rotatable bonds is 3. The summed E-state index contributed by atoms with van der Waals surface area (Å²) in [6.45, 7) is 2.70. The van der Waals surface area contributed by atoms with E-state index in [1.165, 1.54) is 4.90 Å². The number of thioether (sulfide) groups is 1. The summed E-state index contributed by atoms with van der Waals surface area (Å²) in [6, 6.07) is 10.2. The van der Waals surface area contributed by atoms with Crippen molar-refractivity contribution >= 4 is 17.7 Å². The summed E-state index contributed by atoms with van der Waals surface area (Å²) in [6.07, 6.45) is 1.95. The molecule has 1 saturated heterocycles. The van der Waals surface area contributed by atoms with E-state index in [1.807, 2.05) is 18.2 Å². The van der Waals surface area contributed by atoms with Gasteiger partial charge in [-0.05, 0) is 25.0 Å². The van der Waals surface area contributed by atoms with Crippen LogP contribution in [-0.4, -0.2) is 17.8 Å². The van der Waals surface area contributed by atoms with Crippen molar-refractivity contribution < 1.29 is 9.53 Å². The van der Waals surface area contributed by atoms with Gasteiger partial charge in [-0.25, -0.2) is 0 Å². The summed E-state index contributed by atoms with van der Waals surface area (Å²) in [4.78, 5) is 12.8. The van der Waals surface area contributed by atoms with Gasteiger partial charge in [0.1, 0.15) is 0 Å². The molecular formula is C13H16O2S. The van der Waals surface area contributed by atoms with Crippen molar-refractivity contribution in [2.75, 3.05) is 6.61 Å². The third-order valence-corrected chi connectivity index (χ3v) is 4.08. The monoisotopic (exact) mass is 236 g/mol. The van der Waals surface area contributed by atoms with Crippen LogP contribution in [0.15, 0.2) is 35.2 Å². The largest absolute Gasteiger partial charge is 0.465 e. The van der Waals surface area contributed by atoms with Crippen LogP contribution in [0.4, 0.5) is 0 Å². The van der Waals surface area contributed by atoms with E-state index in [-0.39, 0.29) is 17.1 Å². The van der Waals surface area contributed by atoms with Crippen molar-refractivity contribution in [1.29, 1.82) is 0 Å². The van der Waals surface area contributed by atoms with Gasteiger partial charge in [0.15, 0.2) is 0 Å². The van der Waals surface area contributed by atoms with Crippen LogP contribution in [0.5, 0.6) is 0 Å². The molecule has 0 unspecified atom stereocenters. The van der Waals surface area contributed by atoms with Gasteiger partial charge < -0.3 is 4.74 Å². The number of hydrogen-bond acceptors (Lipinski definition) is 3. The molecule has 0 N–H and O–H groups in total. The number of carbonyl (C=O) groups excluding carboxylic acids is 1. The molecule has 0 radical (unpaired) electrons. The van der Waals surface area contributed by atoms with E-state index in [1.54, 1.807) is 11.8 Å². The Morgan fingerprint density at radius 3 is 2.81 bits per heavy atom. The highest BCUT2D eigenvalue weighted by Gasteiger charge is 2.29. The van der Waals surface area contributed by atoms with Gasteiger partial charge >= 0.3 is 5.97 Å². The zero-order valence-electron chi connectivity index (χ0n) is 9.39. The van der Waals surface area contributed by atoms with Crippen LogP contribution in [0.25, 0.3) is 0 Å². The molecule has 1 heterocycles. The standard InChI is InChI=1S/C13H16O2S/c1-10(12-8-5-9-15-13(12)14)16-11-6-3-2-4-7-11/h2-4,6-7,10,12H,5,8-9H2,1H3/t10-,12-/m1/s1. The topological polar surface area (TPSA) is 26.3 Å². The van der Waals surface area contributed by atoms with Crippen LogP contribution in [-0.2, 0) is 9.53 Å². The predicted molar refractivity (Wildman–Crippen MR) is 65.4 cm³/mol. The van der Waals surface area contributed by atoms with Gasteiger partial charge in [-0.3, -0.25) is 4.79 Å². The zero-order valence-corrected chi connectivity index (χ0v) is 10.2. The van der Waals surface area contributed by atoms with Crippen molar-refractivity contribution in [2.24, 2.45) is 5.92 Å². The molecule has 0 spiro atoms. The lowest BCUT2D eigenvalue weighted by atomic mass is 9.98. The van der Waals surface area contributed by atoms with Gasteiger partial charge in [-0.15, -0.1) is 11.8 Å². The summed E-state index contributed by atoms with van der Waals surface area (Å²) in [5.74, 6) is 0.0288. The number of esters is 1. The molecule has 1 aliphatic heterocycles. The first-order valence-corrected chi connectivity index (χ1v) is 6.53. The highest BCUT2D eigenvalue weighted by molar-refractivity contribution is 8.00. The SMILES string of the molecule is C[C@@H](Sc1ccccc1)[C@H]1CCCOC1=O. The Balaban J connectivity index is 1.97. The van der Waals surface area contributed by atoms with Crippen LogP contribution in [0.1, 0.15) is 19.8 Å². The number of ether oxygens (including phenoxy) is 1. The quantitative estimate of drug-likeness (QED) is 0.596. The number of hydrogen-bond donors (Lipinski definition) is 0. The maximum atomic E-state index is 11.6. The van der Waals surface area contributed by atoms with E-state index in [0.29, 0.717) is 6.61 Å². The molecule has 0 bridgehead atoms. The Labute approximate surface area is 100 Å². The first-order valence-electron chi connectivity index (χ1n) is 5.66. The van der Waals surface area contributed by atoms with Gasteiger partial charge in [-0.1, -0.05) is 25.1 Å². The van der Waals surface area contributed by atoms with E-state index in [4.69, 9.17) is 4.74 Å². The minimum atomic E-state index is -0.0258. The van der Waals surface area contributed by atoms with Crippen LogP contribution in [0.3, 0.4) is 0 Å². The Hall–Kier alpha value is -0.960. The molecule has 2 atom stereocenters. The lowest BCUT2D eigenvalue weighted by Crippen LogP contribution is -2.30. The molecule has 0 aliphatic carbocycles. The lowest BCUT2D eigenvalue weighted by Gasteiger charge is -2.25. The Morgan fingerprint density at radius 2 is 2.12 bits per heavy atom. The third kappa shape index (κ3) is 2.79. The lowest BCUT2D eigenvalue weighted by molar-refractivity contribution is -0.152. The van der Waals surface area contributed by atoms with E-state index in [9.17, 15) is 4.79 Å². The molecule has 16 heavy (non-hydrogen) atoms. The van der Waals surface area contributed by atoms with Gasteiger partial charge in [0.05, 0.1) is 12.5 Å². The molecule has 2 rings (SSSR count). The van der Waals surface area contributed by atoms with Gasteiger partial charge in [0.2, 0.25) is 0 Å². The fourth-order valence-electron chi connectivity index (χ4n) is 1.92. The summed E-state index contributed by atoms with van der Waals surface area (Å²) >= 11 is 1.75. The van der Waals surface area contributed by atoms with Crippen molar-refractivity contribution in [1.82, 2.24) is 0 Å². The van der Waals surface area contributed by atoms with Gasteiger partial charge in [0, 0.05) is 10.1 Å². The molecule has 1 aromatic rings. The van der Waals surface area contributed by atoms with Crippen LogP contribution in [0.2, 0.25) is 0 Å². The molecule has 0 saturated carbocycles. The Kier molecular flexibility index (Phi) is 3.88. The predicted octanol–water partition coefficient (Wildman–Crippen LogP) is 3.12. The average Bonchev–Trinajstić information content (AvgIpc) is 2.31. The smallest absolute Gasteiger partial charge is 0.310 e. The van der Waals surface area contributed by atoms with E-state index < -0.39 is 0 Å². The molecule has 1 aromatic carbocycles. The van der Waals surface area contributed by atoms with Crippen molar-refractivity contribution in [2.45, 2.75) is 29.9 Å². The van der Waals surface area contributed by atoms with E-state index in [0.717, 1.165) is 12.8 Å². The molecule has 3 heteroatoms. The second kappa shape index (κ2) is 5.39. The average molecular weight is 236 g/mol. The minimum absolute atomic E-state index is 0.0258. The number of benzene rings is 1. The molecule has 1 aliphatic rings. The minimum Gasteiger partial charge on any atom is -0.465 e. The molecule has 0 aromatic heterocycles. The number of cyclic esters (lactones) is 1. The fraction of sp³-hybridized carbons (Fsp3) is 0.462. The summed E-state index contributed by atoms with van der Waals surface area (Å²) < 4.78 is 5.10. The highest BCUT2D eigenvalue weighted by atomic mass is 32.2. The van der Waals surface area contributed by atoms with E-state index >= 15 is 0 Å². The normalized spacial score (nSPS) is 22.6. The summed E-state index contributed by atoms with van der Waals surface area (Å²) in [7, 11) is 0. The zero-order chi connectivity index (χ0) is 11.4.